The number of rotatable bonds is 7. The van der Waals surface area contributed by atoms with Gasteiger partial charge in [-0.15, -0.1) is 12.4 Å². The average molecular weight is 421 g/mol. The number of benzene rings is 2. The molecule has 0 aromatic heterocycles. The van der Waals surface area contributed by atoms with E-state index in [1.54, 1.807) is 30.0 Å². The molecule has 2 aromatic carbocycles. The number of likely N-dealkylation sites (tertiary alicyclic amines) is 1. The quantitative estimate of drug-likeness (QED) is 0.738. The van der Waals surface area contributed by atoms with Crippen LogP contribution in [0.3, 0.4) is 0 Å². The molecular weight excluding hydrogens is 391 g/mol. The second-order valence-corrected chi connectivity index (χ2v) is 7.55. The van der Waals surface area contributed by atoms with E-state index in [0.29, 0.717) is 5.69 Å². The Morgan fingerprint density at radius 3 is 2.38 bits per heavy atom. The summed E-state index contributed by atoms with van der Waals surface area (Å²) in [7, 11) is 0. The van der Waals surface area contributed by atoms with E-state index in [2.05, 4.69) is 29.2 Å². The molecule has 1 aliphatic rings. The van der Waals surface area contributed by atoms with Gasteiger partial charge >= 0.3 is 0 Å². The Kier molecular flexibility index (Phi) is 9.08. The number of hydrogen-bond acceptors (Lipinski definition) is 3. The molecule has 4 nitrogen and oxygen atoms in total. The first-order valence-corrected chi connectivity index (χ1v) is 10.0. The number of aliphatic hydroxyl groups is 1. The van der Waals surface area contributed by atoms with E-state index >= 15 is 0 Å². The molecule has 6 heteroatoms. The Balaban J connectivity index is 0.00000300. The minimum atomic E-state index is -0.546. The SMILES string of the molecule is CC(CO)C(=O)N(c1ccccc1F)C1CCN(CCc2ccccc2)CC1.Cl. The fourth-order valence-corrected chi connectivity index (χ4v) is 3.79. The van der Waals surface area contributed by atoms with Crippen molar-refractivity contribution in [3.05, 3.63) is 66.0 Å². The maximum Gasteiger partial charge on any atom is 0.232 e. The Morgan fingerprint density at radius 2 is 1.76 bits per heavy atom. The molecule has 2 aromatic rings. The normalized spacial score (nSPS) is 16.1. The third kappa shape index (κ3) is 6.01. The predicted molar refractivity (Wildman–Crippen MR) is 117 cm³/mol. The number of carbonyl (C=O) groups excluding carboxylic acids is 1. The maximum atomic E-state index is 14.4. The fourth-order valence-electron chi connectivity index (χ4n) is 3.79. The molecule has 0 spiro atoms. The molecule has 1 atom stereocenters. The highest BCUT2D eigenvalue weighted by molar-refractivity contribution is 5.95. The lowest BCUT2D eigenvalue weighted by molar-refractivity contribution is -0.123. The van der Waals surface area contributed by atoms with Gasteiger partial charge in [0.2, 0.25) is 5.91 Å². The van der Waals surface area contributed by atoms with Gasteiger partial charge in [0.15, 0.2) is 0 Å². The summed E-state index contributed by atoms with van der Waals surface area (Å²) in [6.07, 6.45) is 2.60. The minimum Gasteiger partial charge on any atom is -0.396 e. The topological polar surface area (TPSA) is 43.8 Å². The predicted octanol–water partition coefficient (Wildman–Crippen LogP) is 3.92. The smallest absolute Gasteiger partial charge is 0.232 e. The second kappa shape index (κ2) is 11.3. The first-order chi connectivity index (χ1) is 13.6. The summed E-state index contributed by atoms with van der Waals surface area (Å²) in [5.41, 5.74) is 1.64. The summed E-state index contributed by atoms with van der Waals surface area (Å²) in [6.45, 7) is 4.19. The van der Waals surface area contributed by atoms with E-state index in [1.807, 2.05) is 6.07 Å². The van der Waals surface area contributed by atoms with Gasteiger partial charge in [-0.1, -0.05) is 49.4 Å². The number of anilines is 1. The van der Waals surface area contributed by atoms with Gasteiger partial charge in [0, 0.05) is 25.7 Å². The van der Waals surface area contributed by atoms with Crippen LogP contribution in [0, 0.1) is 11.7 Å². The summed E-state index contributed by atoms with van der Waals surface area (Å²) in [5, 5.41) is 9.44. The van der Waals surface area contributed by atoms with Crippen molar-refractivity contribution in [1.29, 1.82) is 0 Å². The van der Waals surface area contributed by atoms with E-state index < -0.39 is 11.7 Å². The van der Waals surface area contributed by atoms with Crippen molar-refractivity contribution in [3.8, 4) is 0 Å². The third-order valence-corrected chi connectivity index (χ3v) is 5.53. The lowest BCUT2D eigenvalue weighted by atomic mass is 9.99. The van der Waals surface area contributed by atoms with Crippen LogP contribution in [0.2, 0.25) is 0 Å². The first kappa shape index (κ1) is 23.3. The van der Waals surface area contributed by atoms with Crippen LogP contribution in [0.15, 0.2) is 54.6 Å². The summed E-state index contributed by atoms with van der Waals surface area (Å²) >= 11 is 0. The number of para-hydroxylation sites is 1. The molecule has 1 aliphatic heterocycles. The van der Waals surface area contributed by atoms with Crippen molar-refractivity contribution < 1.29 is 14.3 Å². The van der Waals surface area contributed by atoms with Gasteiger partial charge in [0.05, 0.1) is 18.2 Å². The first-order valence-electron chi connectivity index (χ1n) is 10.0. The Hall–Kier alpha value is -1.95. The summed E-state index contributed by atoms with van der Waals surface area (Å²) < 4.78 is 14.4. The molecule has 1 heterocycles. The Morgan fingerprint density at radius 1 is 1.14 bits per heavy atom. The molecule has 1 fully saturated rings. The van der Waals surface area contributed by atoms with Crippen molar-refractivity contribution in [2.24, 2.45) is 5.92 Å². The summed E-state index contributed by atoms with van der Waals surface area (Å²) in [6, 6.07) is 16.8. The van der Waals surface area contributed by atoms with Crippen molar-refractivity contribution in [1.82, 2.24) is 4.90 Å². The van der Waals surface area contributed by atoms with Crippen LogP contribution in [0.4, 0.5) is 10.1 Å². The molecule has 0 saturated carbocycles. The Bertz CT molecular complexity index is 766. The number of carbonyl (C=O) groups is 1. The van der Waals surface area contributed by atoms with Gasteiger partial charge in [-0.3, -0.25) is 4.79 Å². The van der Waals surface area contributed by atoms with Gasteiger partial charge in [-0.2, -0.15) is 0 Å². The molecule has 1 amide bonds. The number of hydrogen-bond donors (Lipinski definition) is 1. The van der Waals surface area contributed by atoms with Gasteiger partial charge in [0.1, 0.15) is 5.82 Å². The van der Waals surface area contributed by atoms with Gasteiger partial charge in [-0.05, 0) is 37.0 Å². The highest BCUT2D eigenvalue weighted by atomic mass is 35.5. The average Bonchev–Trinajstić information content (AvgIpc) is 2.74. The number of nitrogens with zero attached hydrogens (tertiary/aromatic N) is 2. The molecule has 0 bridgehead atoms. The Labute approximate surface area is 178 Å². The highest BCUT2D eigenvalue weighted by Gasteiger charge is 2.32. The van der Waals surface area contributed by atoms with Crippen LogP contribution in [0.5, 0.6) is 0 Å². The third-order valence-electron chi connectivity index (χ3n) is 5.53. The van der Waals surface area contributed by atoms with Crippen molar-refractivity contribution in [2.75, 3.05) is 31.1 Å². The van der Waals surface area contributed by atoms with Gasteiger partial charge in [-0.25, -0.2) is 4.39 Å². The highest BCUT2D eigenvalue weighted by Crippen LogP contribution is 2.28. The molecule has 0 radical (unpaired) electrons. The number of piperidine rings is 1. The lowest BCUT2D eigenvalue weighted by Crippen LogP contribution is -2.50. The zero-order valence-corrected chi connectivity index (χ0v) is 17.7. The van der Waals surface area contributed by atoms with Crippen LogP contribution in [-0.2, 0) is 11.2 Å². The second-order valence-electron chi connectivity index (χ2n) is 7.55. The zero-order valence-electron chi connectivity index (χ0n) is 16.8. The minimum absolute atomic E-state index is 0. The lowest BCUT2D eigenvalue weighted by Gasteiger charge is -2.39. The summed E-state index contributed by atoms with van der Waals surface area (Å²) in [4.78, 5) is 16.9. The number of aliphatic hydroxyl groups excluding tert-OH is 1. The number of amides is 1. The number of halogens is 2. The van der Waals surface area contributed by atoms with Crippen molar-refractivity contribution in [3.63, 3.8) is 0 Å². The van der Waals surface area contributed by atoms with Gasteiger partial charge < -0.3 is 14.9 Å². The molecule has 1 saturated heterocycles. The van der Waals surface area contributed by atoms with Crippen LogP contribution in [0.25, 0.3) is 0 Å². The monoisotopic (exact) mass is 420 g/mol. The van der Waals surface area contributed by atoms with Crippen LogP contribution < -0.4 is 4.90 Å². The zero-order chi connectivity index (χ0) is 19.9. The largest absolute Gasteiger partial charge is 0.396 e. The molecule has 0 aliphatic carbocycles. The molecule has 1 unspecified atom stereocenters. The van der Waals surface area contributed by atoms with Crippen LogP contribution >= 0.6 is 12.4 Å². The van der Waals surface area contributed by atoms with E-state index in [9.17, 15) is 14.3 Å². The summed E-state index contributed by atoms with van der Waals surface area (Å²) in [5.74, 6) is -1.15. The van der Waals surface area contributed by atoms with Crippen LogP contribution in [0.1, 0.15) is 25.3 Å². The van der Waals surface area contributed by atoms with E-state index in [-0.39, 0.29) is 31.0 Å². The van der Waals surface area contributed by atoms with E-state index in [0.717, 1.165) is 38.9 Å². The van der Waals surface area contributed by atoms with Crippen molar-refractivity contribution in [2.45, 2.75) is 32.2 Å². The van der Waals surface area contributed by atoms with Crippen molar-refractivity contribution >= 4 is 24.0 Å². The fraction of sp³-hybridized carbons (Fsp3) is 0.435. The van der Waals surface area contributed by atoms with E-state index in [4.69, 9.17) is 0 Å². The molecular formula is C23H30ClFN2O2. The maximum absolute atomic E-state index is 14.4. The molecule has 3 rings (SSSR count). The molecule has 1 N–H and O–H groups in total. The van der Waals surface area contributed by atoms with Crippen LogP contribution in [-0.4, -0.2) is 48.2 Å². The van der Waals surface area contributed by atoms with Gasteiger partial charge in [0.25, 0.3) is 0 Å². The van der Waals surface area contributed by atoms with E-state index in [1.165, 1.54) is 11.6 Å². The molecule has 29 heavy (non-hydrogen) atoms. The standard InChI is InChI=1S/C23H29FN2O2.ClH/c1-18(17-27)23(28)26(22-10-6-5-9-21(22)24)20-12-15-25(16-13-20)14-11-19-7-3-2-4-8-19;/h2-10,18,20,27H,11-17H2,1H3;1H. The molecule has 158 valence electrons.